The highest BCUT2D eigenvalue weighted by Gasteiger charge is 2.37. The first-order chi connectivity index (χ1) is 14.5. The fourth-order valence-electron chi connectivity index (χ4n) is 3.79. The maximum Gasteiger partial charge on any atom is 0.262 e. The molecule has 4 amide bonds. The molecule has 0 bridgehead atoms. The summed E-state index contributed by atoms with van der Waals surface area (Å²) in [7, 11) is 0. The SMILES string of the molecule is O=C(CN1C(=O)c2ccccc2C1=O)N1CCCN(C(=O)c2cccc(F)c2)CC1. The third-order valence-electron chi connectivity index (χ3n) is 5.38. The van der Waals surface area contributed by atoms with Crippen LogP contribution in [0, 0.1) is 5.82 Å². The molecule has 0 N–H and O–H groups in total. The summed E-state index contributed by atoms with van der Waals surface area (Å²) < 4.78 is 13.4. The van der Waals surface area contributed by atoms with Crippen molar-refractivity contribution >= 4 is 23.6 Å². The Bertz CT molecular complexity index is 1000. The minimum Gasteiger partial charge on any atom is -0.339 e. The largest absolute Gasteiger partial charge is 0.339 e. The van der Waals surface area contributed by atoms with E-state index >= 15 is 0 Å². The molecule has 8 heteroatoms. The predicted octanol–water partition coefficient (Wildman–Crippen LogP) is 1.80. The van der Waals surface area contributed by atoms with Crippen LogP contribution in [-0.4, -0.2) is 71.1 Å². The van der Waals surface area contributed by atoms with Gasteiger partial charge in [0.1, 0.15) is 12.4 Å². The Hall–Kier alpha value is -3.55. The van der Waals surface area contributed by atoms with E-state index in [2.05, 4.69) is 0 Å². The number of halogens is 1. The van der Waals surface area contributed by atoms with Crippen molar-refractivity contribution in [3.63, 3.8) is 0 Å². The summed E-state index contributed by atoms with van der Waals surface area (Å²) in [6, 6.07) is 12.0. The third kappa shape index (κ3) is 3.68. The van der Waals surface area contributed by atoms with Crippen molar-refractivity contribution in [2.24, 2.45) is 0 Å². The van der Waals surface area contributed by atoms with E-state index in [1.807, 2.05) is 0 Å². The number of hydrogen-bond acceptors (Lipinski definition) is 4. The number of benzene rings is 2. The lowest BCUT2D eigenvalue weighted by Crippen LogP contribution is -2.44. The predicted molar refractivity (Wildman–Crippen MR) is 105 cm³/mol. The van der Waals surface area contributed by atoms with Gasteiger partial charge in [-0.2, -0.15) is 0 Å². The van der Waals surface area contributed by atoms with Crippen LogP contribution in [0.5, 0.6) is 0 Å². The monoisotopic (exact) mass is 409 g/mol. The Morgan fingerprint density at radius 1 is 0.833 bits per heavy atom. The molecule has 0 spiro atoms. The third-order valence-corrected chi connectivity index (χ3v) is 5.38. The number of carbonyl (C=O) groups excluding carboxylic acids is 4. The fraction of sp³-hybridized carbons (Fsp3) is 0.273. The summed E-state index contributed by atoms with van der Waals surface area (Å²) in [6.45, 7) is 1.09. The van der Waals surface area contributed by atoms with Gasteiger partial charge in [-0.1, -0.05) is 18.2 Å². The minimum absolute atomic E-state index is 0.265. The van der Waals surface area contributed by atoms with Gasteiger partial charge < -0.3 is 9.80 Å². The van der Waals surface area contributed by atoms with E-state index in [0.717, 1.165) is 4.90 Å². The fourth-order valence-corrected chi connectivity index (χ4v) is 3.79. The van der Waals surface area contributed by atoms with Crippen LogP contribution < -0.4 is 0 Å². The van der Waals surface area contributed by atoms with E-state index in [1.165, 1.54) is 18.2 Å². The number of hydrogen-bond donors (Lipinski definition) is 0. The molecule has 2 aliphatic heterocycles. The molecule has 2 aliphatic rings. The molecule has 0 atom stereocenters. The Labute approximate surface area is 172 Å². The smallest absolute Gasteiger partial charge is 0.262 e. The molecule has 2 aromatic rings. The summed E-state index contributed by atoms with van der Waals surface area (Å²) in [4.78, 5) is 54.4. The maximum atomic E-state index is 13.4. The summed E-state index contributed by atoms with van der Waals surface area (Å²) in [5.41, 5.74) is 0.872. The lowest BCUT2D eigenvalue weighted by atomic mass is 10.1. The van der Waals surface area contributed by atoms with Gasteiger partial charge in [-0.25, -0.2) is 4.39 Å². The molecule has 4 rings (SSSR count). The molecule has 2 aromatic carbocycles. The maximum absolute atomic E-state index is 13.4. The van der Waals surface area contributed by atoms with Crippen molar-refractivity contribution in [2.75, 3.05) is 32.7 Å². The highest BCUT2D eigenvalue weighted by atomic mass is 19.1. The second-order valence-corrected chi connectivity index (χ2v) is 7.28. The topological polar surface area (TPSA) is 78.0 Å². The van der Waals surface area contributed by atoms with Crippen molar-refractivity contribution in [1.82, 2.24) is 14.7 Å². The van der Waals surface area contributed by atoms with Crippen molar-refractivity contribution in [3.8, 4) is 0 Å². The van der Waals surface area contributed by atoms with Gasteiger partial charge in [-0.3, -0.25) is 24.1 Å². The molecule has 0 radical (unpaired) electrons. The van der Waals surface area contributed by atoms with Gasteiger partial charge in [0.05, 0.1) is 11.1 Å². The summed E-state index contributed by atoms with van der Waals surface area (Å²) in [5.74, 6) is -2.05. The van der Waals surface area contributed by atoms with Gasteiger partial charge in [0.15, 0.2) is 0 Å². The van der Waals surface area contributed by atoms with E-state index in [-0.39, 0.29) is 30.5 Å². The Balaban J connectivity index is 1.39. The molecule has 0 aliphatic carbocycles. The van der Waals surface area contributed by atoms with Crippen LogP contribution in [0.1, 0.15) is 37.5 Å². The number of nitrogens with zero attached hydrogens (tertiary/aromatic N) is 3. The van der Waals surface area contributed by atoms with Gasteiger partial charge in [-0.15, -0.1) is 0 Å². The van der Waals surface area contributed by atoms with Crippen LogP contribution in [0.4, 0.5) is 4.39 Å². The van der Waals surface area contributed by atoms with E-state index in [9.17, 15) is 23.6 Å². The zero-order chi connectivity index (χ0) is 21.3. The van der Waals surface area contributed by atoms with Gasteiger partial charge in [0, 0.05) is 31.7 Å². The highest BCUT2D eigenvalue weighted by molar-refractivity contribution is 6.22. The first kappa shape index (κ1) is 19.8. The number of amides is 4. The molecule has 0 aromatic heterocycles. The Morgan fingerprint density at radius 2 is 1.47 bits per heavy atom. The molecule has 0 unspecified atom stereocenters. The zero-order valence-corrected chi connectivity index (χ0v) is 16.2. The summed E-state index contributed by atoms with van der Waals surface area (Å²) in [6.07, 6.45) is 0.551. The van der Waals surface area contributed by atoms with Gasteiger partial charge in [0.2, 0.25) is 5.91 Å². The van der Waals surface area contributed by atoms with Crippen LogP contribution in [-0.2, 0) is 4.79 Å². The lowest BCUT2D eigenvalue weighted by molar-refractivity contribution is -0.131. The standard InChI is InChI=1S/C22H20FN3O4/c23-16-6-3-5-15(13-16)20(28)25-10-4-9-24(11-12-25)19(27)14-26-21(29)17-7-1-2-8-18(17)22(26)30/h1-3,5-8,13H,4,9-12,14H2. The zero-order valence-electron chi connectivity index (χ0n) is 16.2. The quantitative estimate of drug-likeness (QED) is 0.725. The summed E-state index contributed by atoms with van der Waals surface area (Å²) >= 11 is 0. The van der Waals surface area contributed by atoms with Crippen LogP contribution in [0.3, 0.4) is 0 Å². The number of fused-ring (bicyclic) bond motifs is 1. The van der Waals surface area contributed by atoms with Gasteiger partial charge in [0.25, 0.3) is 17.7 Å². The molecule has 1 fully saturated rings. The molecule has 2 heterocycles. The summed E-state index contributed by atoms with van der Waals surface area (Å²) in [5, 5.41) is 0. The van der Waals surface area contributed by atoms with E-state index < -0.39 is 17.6 Å². The van der Waals surface area contributed by atoms with E-state index in [4.69, 9.17) is 0 Å². The van der Waals surface area contributed by atoms with Crippen molar-refractivity contribution in [3.05, 3.63) is 71.0 Å². The molecular formula is C22H20FN3O4. The lowest BCUT2D eigenvalue weighted by Gasteiger charge is -2.24. The molecule has 30 heavy (non-hydrogen) atoms. The number of rotatable bonds is 3. The highest BCUT2D eigenvalue weighted by Crippen LogP contribution is 2.22. The molecule has 0 saturated carbocycles. The van der Waals surface area contributed by atoms with Gasteiger partial charge in [-0.05, 0) is 36.8 Å². The number of imide groups is 1. The van der Waals surface area contributed by atoms with Crippen LogP contribution >= 0.6 is 0 Å². The molecule has 7 nitrogen and oxygen atoms in total. The second-order valence-electron chi connectivity index (χ2n) is 7.28. The molecule has 1 saturated heterocycles. The van der Waals surface area contributed by atoms with Crippen LogP contribution in [0.25, 0.3) is 0 Å². The Morgan fingerprint density at radius 3 is 2.13 bits per heavy atom. The average molecular weight is 409 g/mol. The number of carbonyl (C=O) groups is 4. The van der Waals surface area contributed by atoms with Crippen molar-refractivity contribution < 1.29 is 23.6 Å². The van der Waals surface area contributed by atoms with Crippen molar-refractivity contribution in [1.29, 1.82) is 0 Å². The van der Waals surface area contributed by atoms with E-state index in [1.54, 1.807) is 40.1 Å². The van der Waals surface area contributed by atoms with Crippen molar-refractivity contribution in [2.45, 2.75) is 6.42 Å². The second kappa shape index (κ2) is 8.06. The van der Waals surface area contributed by atoms with Crippen LogP contribution in [0.15, 0.2) is 48.5 Å². The van der Waals surface area contributed by atoms with Gasteiger partial charge >= 0.3 is 0 Å². The first-order valence-corrected chi connectivity index (χ1v) is 9.73. The van der Waals surface area contributed by atoms with E-state index in [0.29, 0.717) is 37.2 Å². The first-order valence-electron chi connectivity index (χ1n) is 9.73. The minimum atomic E-state index is -0.478. The molecular weight excluding hydrogens is 389 g/mol. The normalized spacial score (nSPS) is 16.5. The average Bonchev–Trinajstić information content (AvgIpc) is 2.93. The van der Waals surface area contributed by atoms with Crippen LogP contribution in [0.2, 0.25) is 0 Å². The Kier molecular flexibility index (Phi) is 5.31. The molecule has 154 valence electrons.